The molecule has 18 N–H and O–H groups in total. The van der Waals surface area contributed by atoms with Crippen molar-refractivity contribution < 1.29 is 72.9 Å². The van der Waals surface area contributed by atoms with Crippen molar-refractivity contribution in [1.29, 1.82) is 0 Å². The number of benzene rings is 2. The van der Waals surface area contributed by atoms with E-state index < -0.39 is 150 Å². The maximum Gasteiger partial charge on any atom is 0.326 e. The van der Waals surface area contributed by atoms with Gasteiger partial charge in [0, 0.05) is 69.5 Å². The molecule has 32 heteroatoms. The number of phenolic OH excluding ortho intramolecular Hbond substituents is 1. The first-order valence-electron chi connectivity index (χ1n) is 31.8. The van der Waals surface area contributed by atoms with E-state index in [1.807, 2.05) is 0 Å². The zero-order chi connectivity index (χ0) is 70.8. The number of carbonyl (C=O) groups is 12. The first kappa shape index (κ1) is 76.3. The predicted molar refractivity (Wildman–Crippen MR) is 348 cm³/mol. The fraction of sp³-hybridized carbons (Fsp3) is 0.516. The van der Waals surface area contributed by atoms with Gasteiger partial charge in [0.05, 0.1) is 19.1 Å². The molecule has 4 aromatic rings. The van der Waals surface area contributed by atoms with Crippen molar-refractivity contribution >= 4 is 77.0 Å². The smallest absolute Gasteiger partial charge is 0.326 e. The van der Waals surface area contributed by atoms with Crippen LogP contribution in [-0.2, 0) is 83.2 Å². The lowest BCUT2D eigenvalue weighted by Gasteiger charge is -2.32. The van der Waals surface area contributed by atoms with Gasteiger partial charge in [-0.05, 0) is 73.1 Å². The molecule has 1 aliphatic rings. The zero-order valence-electron chi connectivity index (χ0n) is 54.9. The van der Waals surface area contributed by atoms with E-state index in [4.69, 9.17) is 11.5 Å². The van der Waals surface area contributed by atoms with Gasteiger partial charge in [0.15, 0.2) is 5.96 Å². The van der Waals surface area contributed by atoms with E-state index in [2.05, 4.69) is 72.8 Å². The van der Waals surface area contributed by atoms with Crippen LogP contribution in [0.3, 0.4) is 0 Å². The highest BCUT2D eigenvalue weighted by molar-refractivity contribution is 5.99. The number of aromatic hydroxyl groups is 1. The van der Waals surface area contributed by atoms with Crippen LogP contribution in [-0.4, -0.2) is 191 Å². The number of nitrogens with zero attached hydrogens (tertiary/aromatic N) is 4. The molecule has 522 valence electrons. The van der Waals surface area contributed by atoms with Crippen LogP contribution in [0.1, 0.15) is 116 Å². The number of carboxylic acids is 2. The summed E-state index contributed by atoms with van der Waals surface area (Å²) < 4.78 is 0. The lowest BCUT2D eigenvalue weighted by atomic mass is 9.96. The maximum atomic E-state index is 15.1. The van der Waals surface area contributed by atoms with Crippen LogP contribution in [0, 0.1) is 17.8 Å². The highest BCUT2D eigenvalue weighted by Crippen LogP contribution is 2.22. The van der Waals surface area contributed by atoms with Gasteiger partial charge in [-0.15, -0.1) is 0 Å². The molecule has 0 bridgehead atoms. The second-order valence-corrected chi connectivity index (χ2v) is 24.5. The molecule has 0 saturated carbocycles. The van der Waals surface area contributed by atoms with E-state index in [0.717, 1.165) is 6.92 Å². The summed E-state index contributed by atoms with van der Waals surface area (Å²) in [6, 6.07) is 0.484. The number of imidazole rings is 2. The molecule has 32 nitrogen and oxygen atoms in total. The number of nitrogens with one attached hydrogen (secondary N) is 11. The second kappa shape index (κ2) is 37.5. The van der Waals surface area contributed by atoms with Crippen molar-refractivity contribution in [2.24, 2.45) is 34.2 Å². The Labute approximate surface area is 555 Å². The number of aliphatic imine (C=N–C) groups is 1. The van der Waals surface area contributed by atoms with Crippen LogP contribution in [0.4, 0.5) is 0 Å². The largest absolute Gasteiger partial charge is 0.508 e. The van der Waals surface area contributed by atoms with Gasteiger partial charge in [-0.25, -0.2) is 14.8 Å². The summed E-state index contributed by atoms with van der Waals surface area (Å²) in [6.45, 7) is 11.3. The van der Waals surface area contributed by atoms with Gasteiger partial charge in [0.2, 0.25) is 59.1 Å². The molecule has 96 heavy (non-hydrogen) atoms. The first-order valence-corrected chi connectivity index (χ1v) is 31.8. The lowest BCUT2D eigenvalue weighted by Crippen LogP contribution is -2.62. The molecule has 0 aliphatic carbocycles. The quantitative estimate of drug-likeness (QED) is 0.0143. The third-order valence-corrected chi connectivity index (χ3v) is 16.0. The van der Waals surface area contributed by atoms with E-state index in [1.165, 1.54) is 54.2 Å². The Bertz CT molecular complexity index is 3290. The van der Waals surface area contributed by atoms with E-state index in [0.29, 0.717) is 35.4 Å². The first-order chi connectivity index (χ1) is 45.5. The number of carbonyl (C=O) groups excluding carboxylic acids is 10. The monoisotopic (exact) mass is 1340 g/mol. The van der Waals surface area contributed by atoms with Crippen LogP contribution in [0.15, 0.2) is 84.6 Å². The van der Waals surface area contributed by atoms with Gasteiger partial charge in [-0.3, -0.25) is 57.7 Å². The molecule has 1 fully saturated rings. The number of guanidine groups is 1. The highest BCUT2D eigenvalue weighted by atomic mass is 16.4. The summed E-state index contributed by atoms with van der Waals surface area (Å²) in [5.41, 5.74) is 12.9. The molecule has 10 amide bonds. The van der Waals surface area contributed by atoms with Crippen molar-refractivity contribution in [3.05, 3.63) is 102 Å². The van der Waals surface area contributed by atoms with Gasteiger partial charge in [0.25, 0.3) is 0 Å². The standard InChI is InChI=1S/C64H91N17O15/c1-8-36(6)53(80-58(90)45(26-39-18-20-42(83)21-19-39)76-60(92)52(35(4)5)79-54(86)43(16-12-22-69-64(65)66)73-57(89)47(29-51(84)85)72-37(7)82)61(93)77-48(28-41-31-68-33-71-41)62(94)81-23-13-17-50(81)59(91)75-44(25-38-14-10-9-11-15-38)55(87)74-46(27-40-30-67-32-70-40)56(88)78-49(63(95)96)24-34(2)3/h9-11,14-15,18-21,30-36,43-50,52-53,83H,8,12-13,16-17,22-29H2,1-7H3,(H,67,70)(H,68,71)(H,72,82)(H,73,89)(H,74,87)(H,75,91)(H,76,92)(H,77,93)(H,78,88)(H,79,86)(H,80,90)(H,84,85)(H,95,96)(H4,65,66,69). The Hall–Kier alpha value is -10.4. The molecule has 11 atom stereocenters. The number of rotatable bonds is 38. The van der Waals surface area contributed by atoms with Gasteiger partial charge in [0.1, 0.15) is 66.2 Å². The number of aromatic amines is 2. The Morgan fingerprint density at radius 3 is 1.65 bits per heavy atom. The minimum absolute atomic E-state index is 0.00386. The van der Waals surface area contributed by atoms with Gasteiger partial charge in [-0.2, -0.15) is 0 Å². The molecule has 0 spiro atoms. The van der Waals surface area contributed by atoms with Crippen LogP contribution in [0.2, 0.25) is 0 Å². The molecule has 0 radical (unpaired) electrons. The summed E-state index contributed by atoms with van der Waals surface area (Å²) in [4.78, 5) is 185. The Balaban J connectivity index is 1.41. The maximum absolute atomic E-state index is 15.1. The number of aromatic nitrogens is 4. The topological polar surface area (TPSA) is 499 Å². The molecule has 1 aliphatic heterocycles. The molecule has 2 aromatic carbocycles. The van der Waals surface area contributed by atoms with Gasteiger partial charge < -0.3 is 89.5 Å². The number of likely N-dealkylation sites (tertiary alicyclic amines) is 1. The van der Waals surface area contributed by atoms with Crippen molar-refractivity contribution in [2.75, 3.05) is 13.1 Å². The molecule has 2 aromatic heterocycles. The number of aliphatic carboxylic acids is 2. The average Bonchev–Trinajstić information content (AvgIpc) is 1.58. The highest BCUT2D eigenvalue weighted by Gasteiger charge is 2.42. The van der Waals surface area contributed by atoms with E-state index >= 15 is 4.79 Å². The second-order valence-electron chi connectivity index (χ2n) is 24.5. The number of H-pyrrole nitrogens is 2. The molecule has 5 rings (SSSR count). The van der Waals surface area contributed by atoms with Crippen LogP contribution in [0.5, 0.6) is 5.75 Å². The SMILES string of the molecule is CCC(C)C(NC(=O)C(Cc1ccc(O)cc1)NC(=O)C(NC(=O)C(CCCN=C(N)N)NC(=O)C(CC(=O)O)NC(C)=O)C(C)C)C(=O)NC(Cc1cnc[nH]1)C(=O)N1CCCC1C(=O)NC(Cc1ccccc1)C(=O)NC(Cc1cnc[nH]1)C(=O)NC(CC(C)C)C(=O)O. The zero-order valence-corrected chi connectivity index (χ0v) is 54.9. The Kier molecular flexibility index (Phi) is 29.8. The molecular weight excluding hydrogens is 1250 g/mol. The number of hydrogen-bond donors (Lipinski definition) is 16. The van der Waals surface area contributed by atoms with Crippen molar-refractivity contribution in [2.45, 2.75) is 180 Å². The van der Waals surface area contributed by atoms with Gasteiger partial charge >= 0.3 is 11.9 Å². The molecule has 3 heterocycles. The fourth-order valence-electron chi connectivity index (χ4n) is 10.7. The average molecular weight is 1340 g/mol. The summed E-state index contributed by atoms with van der Waals surface area (Å²) in [5, 5.41) is 53.3. The predicted octanol–water partition coefficient (Wildman–Crippen LogP) is -1.16. The number of hydrogen-bond acceptors (Lipinski definition) is 16. The van der Waals surface area contributed by atoms with E-state index in [-0.39, 0.29) is 82.1 Å². The minimum atomic E-state index is -1.59. The molecule has 11 unspecified atom stereocenters. The summed E-state index contributed by atoms with van der Waals surface area (Å²) >= 11 is 0. The van der Waals surface area contributed by atoms with Crippen LogP contribution < -0.4 is 59.3 Å². The minimum Gasteiger partial charge on any atom is -0.508 e. The van der Waals surface area contributed by atoms with Crippen molar-refractivity contribution in [1.82, 2.24) is 72.7 Å². The van der Waals surface area contributed by atoms with Crippen molar-refractivity contribution in [3.63, 3.8) is 0 Å². The van der Waals surface area contributed by atoms with Crippen LogP contribution >= 0.6 is 0 Å². The normalized spacial score (nSPS) is 15.9. The number of nitrogens with two attached hydrogens (primary N) is 2. The summed E-state index contributed by atoms with van der Waals surface area (Å²) in [6.07, 6.45) is 4.98. The van der Waals surface area contributed by atoms with Crippen molar-refractivity contribution in [3.8, 4) is 5.75 Å². The lowest BCUT2D eigenvalue weighted by molar-refractivity contribution is -0.143. The molecular formula is C64H91N17O15. The number of amides is 10. The van der Waals surface area contributed by atoms with Gasteiger partial charge in [-0.1, -0.05) is 90.4 Å². The number of carboxylic acid groups (broad SMARTS) is 2. The van der Waals surface area contributed by atoms with Crippen LogP contribution in [0.25, 0.3) is 0 Å². The molecule has 1 saturated heterocycles. The number of phenols is 1. The Morgan fingerprint density at radius 2 is 1.10 bits per heavy atom. The summed E-state index contributed by atoms with van der Waals surface area (Å²) in [5.74, 6) is -12.8. The van der Waals surface area contributed by atoms with E-state index in [9.17, 15) is 68.1 Å². The van der Waals surface area contributed by atoms with E-state index in [1.54, 1.807) is 71.9 Å². The fourth-order valence-corrected chi connectivity index (χ4v) is 10.7. The Morgan fingerprint density at radius 1 is 0.604 bits per heavy atom. The third kappa shape index (κ3) is 24.5. The summed E-state index contributed by atoms with van der Waals surface area (Å²) in [7, 11) is 0. The third-order valence-electron chi connectivity index (χ3n) is 16.0.